The van der Waals surface area contributed by atoms with Gasteiger partial charge in [-0.1, -0.05) is 26.2 Å². The Labute approximate surface area is 106 Å². The van der Waals surface area contributed by atoms with E-state index < -0.39 is 8.32 Å². The summed E-state index contributed by atoms with van der Waals surface area (Å²) in [5.74, 6) is 0.646. The summed E-state index contributed by atoms with van der Waals surface area (Å²) in [6, 6.07) is 0.969. The molecule has 96 valence electrons. The van der Waals surface area contributed by atoms with Crippen molar-refractivity contribution in [3.63, 3.8) is 0 Å². The minimum atomic E-state index is -1.79. The van der Waals surface area contributed by atoms with Crippen LogP contribution in [0.1, 0.15) is 45.4 Å². The number of halogens is 1. The third kappa shape index (κ3) is 9.22. The largest absolute Gasteiger partial charge is 0.520 e. The molecule has 0 atom stereocenters. The molecule has 0 aromatic rings. The maximum atomic E-state index is 11.6. The Balaban J connectivity index is 3.67. The molecule has 2 nitrogen and oxygen atoms in total. The predicted molar refractivity (Wildman–Crippen MR) is 72.5 cm³/mol. The topological polar surface area (TPSA) is 26.3 Å². The van der Waals surface area contributed by atoms with Crippen molar-refractivity contribution in [1.82, 2.24) is 0 Å². The highest BCUT2D eigenvalue weighted by atomic mass is 35.5. The van der Waals surface area contributed by atoms with Gasteiger partial charge in [0.1, 0.15) is 0 Å². The van der Waals surface area contributed by atoms with E-state index in [0.29, 0.717) is 12.3 Å². The van der Waals surface area contributed by atoms with Gasteiger partial charge < -0.3 is 4.43 Å². The molecule has 0 radical (unpaired) electrons. The van der Waals surface area contributed by atoms with Crippen LogP contribution < -0.4 is 0 Å². The normalized spacial score (nSPS) is 11.5. The van der Waals surface area contributed by atoms with Gasteiger partial charge in [0.15, 0.2) is 0 Å². The smallest absolute Gasteiger partial charge is 0.292 e. The minimum absolute atomic E-state index is 0.0117. The lowest BCUT2D eigenvalue weighted by Gasteiger charge is -2.22. The summed E-state index contributed by atoms with van der Waals surface area (Å²) in [6.07, 6.45) is 6.04. The van der Waals surface area contributed by atoms with Crippen molar-refractivity contribution in [1.29, 1.82) is 0 Å². The summed E-state index contributed by atoms with van der Waals surface area (Å²) in [7, 11) is -1.79. The lowest BCUT2D eigenvalue weighted by molar-refractivity contribution is -0.135. The van der Waals surface area contributed by atoms with E-state index in [4.69, 9.17) is 16.0 Å². The van der Waals surface area contributed by atoms with Crippen molar-refractivity contribution in [3.05, 3.63) is 0 Å². The summed E-state index contributed by atoms with van der Waals surface area (Å²) in [5, 5.41) is 0. The van der Waals surface area contributed by atoms with Gasteiger partial charge in [-0.05, 0) is 32.0 Å². The third-order valence-electron chi connectivity index (χ3n) is 2.54. The molecule has 0 aromatic carbocycles. The van der Waals surface area contributed by atoms with Gasteiger partial charge >= 0.3 is 0 Å². The molecule has 0 saturated heterocycles. The lowest BCUT2D eigenvalue weighted by Crippen LogP contribution is -2.33. The first-order chi connectivity index (χ1) is 7.52. The van der Waals surface area contributed by atoms with Crippen molar-refractivity contribution in [2.24, 2.45) is 0 Å². The molecule has 0 aliphatic heterocycles. The second-order valence-electron chi connectivity index (χ2n) is 4.84. The molecule has 0 unspecified atom stereocenters. The fourth-order valence-corrected chi connectivity index (χ4v) is 3.81. The van der Waals surface area contributed by atoms with Gasteiger partial charge in [0.25, 0.3) is 5.97 Å². The summed E-state index contributed by atoms with van der Waals surface area (Å²) >= 11 is 5.64. The van der Waals surface area contributed by atoms with Gasteiger partial charge in [0.2, 0.25) is 8.32 Å². The van der Waals surface area contributed by atoms with Crippen LogP contribution in [-0.2, 0) is 9.22 Å². The van der Waals surface area contributed by atoms with Crippen LogP contribution >= 0.6 is 11.6 Å². The fourth-order valence-electron chi connectivity index (χ4n) is 1.60. The molecular formula is C12H25ClO2Si. The molecule has 0 saturated carbocycles. The van der Waals surface area contributed by atoms with E-state index in [-0.39, 0.29) is 5.97 Å². The number of hydrogen-bond acceptors (Lipinski definition) is 2. The van der Waals surface area contributed by atoms with Crippen molar-refractivity contribution in [2.45, 2.75) is 64.6 Å². The Morgan fingerprint density at radius 2 is 1.88 bits per heavy atom. The quantitative estimate of drug-likeness (QED) is 0.352. The molecule has 16 heavy (non-hydrogen) atoms. The number of carbonyl (C=O) groups is 1. The molecule has 0 amide bonds. The fraction of sp³-hybridized carbons (Fsp3) is 0.917. The molecule has 0 heterocycles. The SMILES string of the molecule is CCCCCCC(=O)O[Si](C)(C)CCCCl. The first kappa shape index (κ1) is 16.0. The molecule has 0 aliphatic carbocycles. The Bertz CT molecular complexity index is 195. The van der Waals surface area contributed by atoms with Gasteiger partial charge in [-0.15, -0.1) is 11.6 Å². The molecule has 0 aromatic heterocycles. The van der Waals surface area contributed by atoms with E-state index >= 15 is 0 Å². The second-order valence-corrected chi connectivity index (χ2v) is 9.44. The zero-order valence-electron chi connectivity index (χ0n) is 10.9. The van der Waals surface area contributed by atoms with E-state index in [9.17, 15) is 4.79 Å². The van der Waals surface area contributed by atoms with Crippen LogP contribution in [-0.4, -0.2) is 20.2 Å². The van der Waals surface area contributed by atoms with Crippen molar-refractivity contribution >= 4 is 25.9 Å². The maximum Gasteiger partial charge on any atom is 0.292 e. The van der Waals surface area contributed by atoms with E-state index in [1.165, 1.54) is 12.8 Å². The van der Waals surface area contributed by atoms with Crippen LogP contribution in [0.3, 0.4) is 0 Å². The van der Waals surface area contributed by atoms with Crippen molar-refractivity contribution in [3.8, 4) is 0 Å². The molecule has 0 aliphatic rings. The monoisotopic (exact) mass is 264 g/mol. The summed E-state index contributed by atoms with van der Waals surface area (Å²) in [4.78, 5) is 11.6. The molecule has 0 spiro atoms. The van der Waals surface area contributed by atoms with Gasteiger partial charge in [0.05, 0.1) is 0 Å². The molecule has 0 N–H and O–H groups in total. The van der Waals surface area contributed by atoms with Gasteiger partial charge in [-0.25, -0.2) is 0 Å². The number of alkyl halides is 1. The van der Waals surface area contributed by atoms with E-state index in [0.717, 1.165) is 25.3 Å². The molecule has 0 bridgehead atoms. The first-order valence-corrected chi connectivity index (χ1v) is 9.94. The van der Waals surface area contributed by atoms with E-state index in [1.807, 2.05) is 0 Å². The standard InChI is InChI=1S/C12H25ClO2Si/c1-4-5-6-7-9-12(14)15-16(2,3)11-8-10-13/h4-11H2,1-3H3. The Morgan fingerprint density at radius 1 is 1.19 bits per heavy atom. The minimum Gasteiger partial charge on any atom is -0.520 e. The number of unbranched alkanes of at least 4 members (excludes halogenated alkanes) is 3. The molecular weight excluding hydrogens is 240 g/mol. The zero-order valence-corrected chi connectivity index (χ0v) is 12.6. The van der Waals surface area contributed by atoms with Crippen LogP contribution in [0.5, 0.6) is 0 Å². The average molecular weight is 265 g/mol. The second kappa shape index (κ2) is 9.05. The van der Waals surface area contributed by atoms with Crippen LogP contribution in [0.15, 0.2) is 0 Å². The molecule has 0 fully saturated rings. The Kier molecular flexibility index (Phi) is 9.04. The number of carbonyl (C=O) groups excluding carboxylic acids is 1. The van der Waals surface area contributed by atoms with Crippen LogP contribution in [0, 0.1) is 0 Å². The Hall–Kier alpha value is -0.0231. The zero-order chi connectivity index (χ0) is 12.4. The van der Waals surface area contributed by atoms with Gasteiger partial charge in [-0.2, -0.15) is 0 Å². The summed E-state index contributed by atoms with van der Waals surface area (Å²) in [6.45, 7) is 6.34. The lowest BCUT2D eigenvalue weighted by atomic mass is 10.2. The van der Waals surface area contributed by atoms with Crippen LogP contribution in [0.2, 0.25) is 19.1 Å². The number of hydrogen-bond donors (Lipinski definition) is 0. The van der Waals surface area contributed by atoms with Crippen molar-refractivity contribution < 1.29 is 9.22 Å². The van der Waals surface area contributed by atoms with E-state index in [1.54, 1.807) is 0 Å². The molecule has 0 rings (SSSR count). The van der Waals surface area contributed by atoms with Crippen LogP contribution in [0.25, 0.3) is 0 Å². The highest BCUT2D eigenvalue weighted by molar-refractivity contribution is 6.72. The maximum absolute atomic E-state index is 11.6. The molecule has 4 heteroatoms. The Morgan fingerprint density at radius 3 is 2.44 bits per heavy atom. The number of rotatable bonds is 9. The summed E-state index contributed by atoms with van der Waals surface area (Å²) in [5.41, 5.74) is 0. The third-order valence-corrected chi connectivity index (χ3v) is 5.14. The highest BCUT2D eigenvalue weighted by Crippen LogP contribution is 2.16. The predicted octanol–water partition coefficient (Wildman–Crippen LogP) is 4.33. The first-order valence-electron chi connectivity index (χ1n) is 6.29. The summed E-state index contributed by atoms with van der Waals surface area (Å²) < 4.78 is 5.56. The highest BCUT2D eigenvalue weighted by Gasteiger charge is 2.25. The average Bonchev–Trinajstić information content (AvgIpc) is 2.21. The van der Waals surface area contributed by atoms with Gasteiger partial charge in [-0.3, -0.25) is 4.79 Å². The van der Waals surface area contributed by atoms with Gasteiger partial charge in [0, 0.05) is 12.3 Å². The van der Waals surface area contributed by atoms with Crippen LogP contribution in [0.4, 0.5) is 0 Å². The van der Waals surface area contributed by atoms with E-state index in [2.05, 4.69) is 20.0 Å². The van der Waals surface area contributed by atoms with Crippen molar-refractivity contribution in [2.75, 3.05) is 5.88 Å².